The van der Waals surface area contributed by atoms with Gasteiger partial charge in [-0.15, -0.1) is 0 Å². The van der Waals surface area contributed by atoms with Crippen molar-refractivity contribution in [1.82, 2.24) is 9.38 Å². The number of unbranched alkanes of at least 4 members (excludes halogenated alkanes) is 1. The van der Waals surface area contributed by atoms with Crippen LogP contribution in [-0.2, 0) is 6.42 Å². The van der Waals surface area contributed by atoms with Gasteiger partial charge in [0.2, 0.25) is 5.78 Å². The number of aryl methyl sites for hydroxylation is 2. The first-order valence-electron chi connectivity index (χ1n) is 9.28. The molecule has 6 nitrogen and oxygen atoms in total. The lowest BCUT2D eigenvalue weighted by atomic mass is 10.0. The summed E-state index contributed by atoms with van der Waals surface area (Å²) in [5, 5.41) is 11.0. The molecule has 0 atom stereocenters. The van der Waals surface area contributed by atoms with Gasteiger partial charge in [-0.2, -0.15) is 0 Å². The average Bonchev–Trinajstić information content (AvgIpc) is 3.06. The first-order valence-corrected chi connectivity index (χ1v) is 9.28. The van der Waals surface area contributed by atoms with Crippen LogP contribution in [0.5, 0.6) is 0 Å². The number of carbonyl (C=O) groups is 1. The summed E-state index contributed by atoms with van der Waals surface area (Å²) < 4.78 is 1.93. The molecule has 0 aliphatic heterocycles. The molecule has 0 amide bonds. The van der Waals surface area contributed by atoms with E-state index < -0.39 is 4.92 Å². The second-order valence-electron chi connectivity index (χ2n) is 6.02. The van der Waals surface area contributed by atoms with Gasteiger partial charge in [0.15, 0.2) is 0 Å². The largest absolute Gasteiger partial charge is 0.303 e. The number of benzene rings is 1. The van der Waals surface area contributed by atoms with E-state index in [9.17, 15) is 14.9 Å². The van der Waals surface area contributed by atoms with E-state index in [2.05, 4.69) is 11.9 Å². The summed E-state index contributed by atoms with van der Waals surface area (Å²) in [6, 6.07) is 9.94. The Kier molecular flexibility index (Phi) is 6.82. The van der Waals surface area contributed by atoms with E-state index in [4.69, 9.17) is 0 Å². The Morgan fingerprint density at radius 3 is 2.63 bits per heavy atom. The first kappa shape index (κ1) is 20.3. The van der Waals surface area contributed by atoms with Crippen LogP contribution in [0.2, 0.25) is 0 Å². The number of aromatic nitrogens is 2. The zero-order chi connectivity index (χ0) is 20.0. The second-order valence-corrected chi connectivity index (χ2v) is 6.02. The van der Waals surface area contributed by atoms with Crippen molar-refractivity contribution in [2.75, 3.05) is 0 Å². The molecule has 3 aromatic rings. The number of non-ortho nitro benzene ring substituents is 1. The summed E-state index contributed by atoms with van der Waals surface area (Å²) in [6.07, 6.45) is 4.69. The van der Waals surface area contributed by atoms with Gasteiger partial charge in [-0.05, 0) is 31.0 Å². The number of imidazole rings is 1. The molecule has 0 radical (unpaired) electrons. The molecule has 0 unspecified atom stereocenters. The van der Waals surface area contributed by atoms with Gasteiger partial charge in [-0.25, -0.2) is 4.98 Å². The van der Waals surface area contributed by atoms with Crippen molar-refractivity contribution < 1.29 is 9.72 Å². The molecule has 1 aromatic carbocycles. The third kappa shape index (κ3) is 4.22. The Morgan fingerprint density at radius 2 is 1.96 bits per heavy atom. The first-order chi connectivity index (χ1) is 13.0. The molecule has 0 spiro atoms. The fraction of sp³-hybridized carbons (Fsp3) is 0.333. The van der Waals surface area contributed by atoms with E-state index in [1.54, 1.807) is 13.0 Å². The molecular weight excluding hydrogens is 342 g/mol. The highest BCUT2D eigenvalue weighted by atomic mass is 16.6. The Bertz CT molecular complexity index is 960. The predicted octanol–water partition coefficient (Wildman–Crippen LogP) is 5.15. The van der Waals surface area contributed by atoms with Crippen molar-refractivity contribution in [3.8, 4) is 0 Å². The SMILES string of the molecule is CC.CCCCc1nc(C(=O)c2cc([N+](=O)[O-])ccc2C)c2ccccn12. The highest BCUT2D eigenvalue weighted by Gasteiger charge is 2.22. The highest BCUT2D eigenvalue weighted by Crippen LogP contribution is 2.23. The summed E-state index contributed by atoms with van der Waals surface area (Å²) >= 11 is 0. The molecule has 0 saturated heterocycles. The van der Waals surface area contributed by atoms with E-state index in [1.807, 2.05) is 42.6 Å². The third-order valence-electron chi connectivity index (χ3n) is 4.27. The molecule has 0 aliphatic carbocycles. The lowest BCUT2D eigenvalue weighted by Crippen LogP contribution is -2.06. The number of pyridine rings is 1. The molecular formula is C21H25N3O3. The highest BCUT2D eigenvalue weighted by molar-refractivity contribution is 6.13. The van der Waals surface area contributed by atoms with Gasteiger partial charge in [-0.3, -0.25) is 14.9 Å². The molecule has 0 aliphatic rings. The van der Waals surface area contributed by atoms with Crippen molar-refractivity contribution >= 4 is 17.0 Å². The molecule has 2 aromatic heterocycles. The zero-order valence-corrected chi connectivity index (χ0v) is 16.2. The smallest absolute Gasteiger partial charge is 0.270 e. The molecule has 6 heteroatoms. The van der Waals surface area contributed by atoms with Crippen LogP contribution in [0.4, 0.5) is 5.69 Å². The van der Waals surface area contributed by atoms with Gasteiger partial charge >= 0.3 is 0 Å². The van der Waals surface area contributed by atoms with Gasteiger partial charge in [-0.1, -0.05) is 39.3 Å². The van der Waals surface area contributed by atoms with E-state index >= 15 is 0 Å². The summed E-state index contributed by atoms with van der Waals surface area (Å²) in [6.45, 7) is 7.88. The number of hydrogen-bond acceptors (Lipinski definition) is 4. The number of nitro benzene ring substituents is 1. The maximum Gasteiger partial charge on any atom is 0.270 e. The molecule has 0 bridgehead atoms. The minimum Gasteiger partial charge on any atom is -0.303 e. The fourth-order valence-corrected chi connectivity index (χ4v) is 2.88. The molecule has 0 saturated carbocycles. The van der Waals surface area contributed by atoms with Crippen LogP contribution in [0.25, 0.3) is 5.52 Å². The minimum absolute atomic E-state index is 0.0938. The zero-order valence-electron chi connectivity index (χ0n) is 16.2. The summed E-state index contributed by atoms with van der Waals surface area (Å²) in [5.74, 6) is 0.552. The Morgan fingerprint density at radius 1 is 1.22 bits per heavy atom. The topological polar surface area (TPSA) is 77.5 Å². The maximum atomic E-state index is 13.0. The van der Waals surface area contributed by atoms with Gasteiger partial charge in [0.25, 0.3) is 5.69 Å². The molecule has 0 fully saturated rings. The van der Waals surface area contributed by atoms with Gasteiger partial charge < -0.3 is 4.40 Å². The number of carbonyl (C=O) groups excluding carboxylic acids is 1. The number of ketones is 1. The van der Waals surface area contributed by atoms with Crippen molar-refractivity contribution in [1.29, 1.82) is 0 Å². The molecule has 2 heterocycles. The predicted molar refractivity (Wildman–Crippen MR) is 106 cm³/mol. The lowest BCUT2D eigenvalue weighted by Gasteiger charge is -2.03. The second kappa shape index (κ2) is 9.07. The summed E-state index contributed by atoms with van der Waals surface area (Å²) in [4.78, 5) is 28.1. The quantitative estimate of drug-likeness (QED) is 0.343. The van der Waals surface area contributed by atoms with Crippen LogP contribution in [0.3, 0.4) is 0 Å². The monoisotopic (exact) mass is 367 g/mol. The fourth-order valence-electron chi connectivity index (χ4n) is 2.88. The summed E-state index contributed by atoms with van der Waals surface area (Å²) in [5.41, 5.74) is 1.99. The third-order valence-corrected chi connectivity index (χ3v) is 4.27. The number of nitro groups is 1. The standard InChI is InChI=1S/C19H19N3O3.C2H6/c1-3-4-8-17-20-18(16-7-5-6-11-21(16)17)19(23)15-12-14(22(24)25)10-9-13(15)2;1-2/h5-7,9-12H,3-4,8H2,1-2H3;1-2H3. The maximum absolute atomic E-state index is 13.0. The Labute approximate surface area is 159 Å². The normalized spacial score (nSPS) is 10.4. The van der Waals surface area contributed by atoms with Crippen molar-refractivity contribution in [2.45, 2.75) is 47.0 Å². The van der Waals surface area contributed by atoms with E-state index in [0.29, 0.717) is 16.8 Å². The van der Waals surface area contributed by atoms with Crippen LogP contribution in [-0.4, -0.2) is 20.1 Å². The average molecular weight is 367 g/mol. The van der Waals surface area contributed by atoms with Crippen LogP contribution in [0.1, 0.15) is 61.1 Å². The number of fused-ring (bicyclic) bond motifs is 1. The van der Waals surface area contributed by atoms with Crippen molar-refractivity contribution in [3.05, 3.63) is 75.4 Å². The van der Waals surface area contributed by atoms with Crippen molar-refractivity contribution in [3.63, 3.8) is 0 Å². The molecule has 0 N–H and O–H groups in total. The van der Waals surface area contributed by atoms with Crippen LogP contribution >= 0.6 is 0 Å². The molecule has 142 valence electrons. The van der Waals surface area contributed by atoms with Crippen LogP contribution in [0.15, 0.2) is 42.6 Å². The van der Waals surface area contributed by atoms with Crippen molar-refractivity contribution in [2.24, 2.45) is 0 Å². The Hall–Kier alpha value is -3.02. The number of hydrogen-bond donors (Lipinski definition) is 0. The van der Waals surface area contributed by atoms with Gasteiger partial charge in [0.05, 0.1) is 10.4 Å². The van der Waals surface area contributed by atoms with E-state index in [-0.39, 0.29) is 11.5 Å². The van der Waals surface area contributed by atoms with E-state index in [1.165, 1.54) is 12.1 Å². The van der Waals surface area contributed by atoms with Crippen LogP contribution < -0.4 is 0 Å². The number of nitrogens with zero attached hydrogens (tertiary/aromatic N) is 3. The molecule has 27 heavy (non-hydrogen) atoms. The van der Waals surface area contributed by atoms with Gasteiger partial charge in [0, 0.05) is 30.3 Å². The van der Waals surface area contributed by atoms with Crippen LogP contribution in [0, 0.1) is 17.0 Å². The lowest BCUT2D eigenvalue weighted by molar-refractivity contribution is -0.384. The van der Waals surface area contributed by atoms with Gasteiger partial charge in [0.1, 0.15) is 11.5 Å². The minimum atomic E-state index is -0.492. The Balaban J connectivity index is 0.00000126. The molecule has 3 rings (SSSR count). The van der Waals surface area contributed by atoms with E-state index in [0.717, 1.165) is 30.6 Å². The summed E-state index contributed by atoms with van der Waals surface area (Å²) in [7, 11) is 0. The number of rotatable bonds is 6.